The Kier molecular flexibility index (Phi) is 6.23. The van der Waals surface area contributed by atoms with Crippen molar-refractivity contribution in [3.63, 3.8) is 0 Å². The van der Waals surface area contributed by atoms with Gasteiger partial charge in [-0.15, -0.1) is 0 Å². The van der Waals surface area contributed by atoms with E-state index in [1.165, 1.54) is 33.5 Å². The highest BCUT2D eigenvalue weighted by Crippen LogP contribution is 2.42. The van der Waals surface area contributed by atoms with Crippen LogP contribution in [0.2, 0.25) is 0 Å². The number of para-hydroxylation sites is 1. The molecule has 0 aliphatic rings. The lowest BCUT2D eigenvalue weighted by Gasteiger charge is -2.24. The zero-order valence-electron chi connectivity index (χ0n) is 25.1. The number of aryl methyl sites for hydroxylation is 2. The van der Waals surface area contributed by atoms with Crippen molar-refractivity contribution in [2.45, 2.75) is 53.4 Å². The molecule has 0 saturated heterocycles. The Morgan fingerprint density at radius 2 is 1.45 bits per heavy atom. The zero-order chi connectivity index (χ0) is 29.1. The molecule has 42 heavy (non-hydrogen) atoms. The maximum atomic E-state index is 6.60. The lowest BCUT2D eigenvalue weighted by Crippen LogP contribution is -2.10. The number of benzene rings is 4. The first kappa shape index (κ1) is 26.2. The summed E-state index contributed by atoms with van der Waals surface area (Å²) < 4.78 is 8.96. The lowest BCUT2D eigenvalue weighted by molar-refractivity contribution is 0.669. The first-order chi connectivity index (χ1) is 20.3. The van der Waals surface area contributed by atoms with Crippen molar-refractivity contribution in [1.29, 1.82) is 0 Å². The van der Waals surface area contributed by atoms with Gasteiger partial charge in [-0.25, -0.2) is 4.98 Å². The van der Waals surface area contributed by atoms with Crippen molar-refractivity contribution in [1.82, 2.24) is 14.5 Å². The highest BCUT2D eigenvalue weighted by Gasteiger charge is 2.26. The fourth-order valence-electron chi connectivity index (χ4n) is 6.28. The molecule has 0 unspecified atom stereocenters. The molecule has 7 aromatic rings. The van der Waals surface area contributed by atoms with E-state index in [1.54, 1.807) is 0 Å². The van der Waals surface area contributed by atoms with E-state index < -0.39 is 0 Å². The van der Waals surface area contributed by atoms with Crippen molar-refractivity contribution in [3.05, 3.63) is 114 Å². The Labute approximate surface area is 246 Å². The van der Waals surface area contributed by atoms with Gasteiger partial charge in [-0.3, -0.25) is 9.55 Å². The minimum absolute atomic E-state index is 0.286. The molecule has 0 bridgehead atoms. The molecule has 0 amide bonds. The molecule has 3 heterocycles. The lowest BCUT2D eigenvalue weighted by atomic mass is 9.88. The fraction of sp³-hybridized carbons (Fsp3) is 0.211. The van der Waals surface area contributed by atoms with Gasteiger partial charge in [0.1, 0.15) is 17.0 Å². The van der Waals surface area contributed by atoms with Gasteiger partial charge in [0.15, 0.2) is 0 Å². The second-order valence-electron chi connectivity index (χ2n) is 12.0. The number of aromatic nitrogens is 3. The Morgan fingerprint density at radius 1 is 0.714 bits per heavy atom. The number of pyridine rings is 1. The van der Waals surface area contributed by atoms with Crippen LogP contribution in [0.25, 0.3) is 61.2 Å². The summed E-state index contributed by atoms with van der Waals surface area (Å²) in [5, 5.41) is 2.22. The fourth-order valence-corrected chi connectivity index (χ4v) is 6.28. The largest absolute Gasteiger partial charge is 0.455 e. The van der Waals surface area contributed by atoms with E-state index in [1.807, 2.05) is 12.3 Å². The first-order valence-corrected chi connectivity index (χ1v) is 14.8. The van der Waals surface area contributed by atoms with Gasteiger partial charge in [-0.2, -0.15) is 0 Å². The Hall–Kier alpha value is -4.70. The average Bonchev–Trinajstić information content (AvgIpc) is 3.55. The summed E-state index contributed by atoms with van der Waals surface area (Å²) in [6, 6.07) is 30.3. The summed E-state index contributed by atoms with van der Waals surface area (Å²) in [4.78, 5) is 10.0. The van der Waals surface area contributed by atoms with E-state index in [2.05, 4.69) is 125 Å². The Morgan fingerprint density at radius 3 is 2.17 bits per heavy atom. The molecule has 4 aromatic carbocycles. The molecule has 0 atom stereocenters. The molecule has 0 fully saturated rings. The molecule has 0 N–H and O–H groups in total. The van der Waals surface area contributed by atoms with Gasteiger partial charge in [0.25, 0.3) is 0 Å². The molecule has 7 rings (SSSR count). The van der Waals surface area contributed by atoms with E-state index in [-0.39, 0.29) is 11.8 Å². The summed E-state index contributed by atoms with van der Waals surface area (Å²) >= 11 is 0. The van der Waals surface area contributed by atoms with Crippen LogP contribution in [0, 0.1) is 13.8 Å². The van der Waals surface area contributed by atoms with Crippen LogP contribution >= 0.6 is 0 Å². The predicted octanol–water partition coefficient (Wildman–Crippen LogP) is 10.5. The SMILES string of the molecule is Cc1ccc2c(c1)oc1c(-c3nc4ccnc(C)c4n3-c3c(C(C)C)cc(-c4ccccc4)cc3C(C)C)cccc12. The third kappa shape index (κ3) is 4.13. The summed E-state index contributed by atoms with van der Waals surface area (Å²) in [5.74, 6) is 1.44. The van der Waals surface area contributed by atoms with E-state index in [0.29, 0.717) is 0 Å². The van der Waals surface area contributed by atoms with Crippen molar-refractivity contribution in [2.24, 2.45) is 0 Å². The van der Waals surface area contributed by atoms with Crippen LogP contribution in [-0.2, 0) is 0 Å². The minimum Gasteiger partial charge on any atom is -0.455 e. The maximum Gasteiger partial charge on any atom is 0.149 e. The number of imidazole rings is 1. The molecule has 0 aliphatic heterocycles. The summed E-state index contributed by atoms with van der Waals surface area (Å²) in [6.45, 7) is 13.3. The monoisotopic (exact) mass is 549 g/mol. The number of rotatable bonds is 5. The number of hydrogen-bond donors (Lipinski definition) is 0. The smallest absolute Gasteiger partial charge is 0.149 e. The number of fused-ring (bicyclic) bond motifs is 4. The predicted molar refractivity (Wildman–Crippen MR) is 175 cm³/mol. The topological polar surface area (TPSA) is 43.9 Å². The first-order valence-electron chi connectivity index (χ1n) is 14.8. The van der Waals surface area contributed by atoms with Gasteiger partial charge in [-0.05, 0) is 83.8 Å². The molecular weight excluding hydrogens is 514 g/mol. The van der Waals surface area contributed by atoms with Crippen LogP contribution in [0.1, 0.15) is 61.9 Å². The van der Waals surface area contributed by atoms with Gasteiger partial charge in [0.05, 0.1) is 28.0 Å². The molecule has 3 aromatic heterocycles. The van der Waals surface area contributed by atoms with E-state index in [0.717, 1.165) is 50.1 Å². The number of nitrogens with zero attached hydrogens (tertiary/aromatic N) is 3. The van der Waals surface area contributed by atoms with Crippen LogP contribution in [0.5, 0.6) is 0 Å². The van der Waals surface area contributed by atoms with Crippen LogP contribution in [-0.4, -0.2) is 14.5 Å². The van der Waals surface area contributed by atoms with Crippen LogP contribution in [0.15, 0.2) is 95.5 Å². The standard InChI is InChI=1S/C38H35N3O/c1-22(2)31-20-27(26-11-8-7-9-12-26)21-32(23(3)4)36(31)41-35-25(6)39-18-17-33(35)40-38(41)30-14-10-13-29-28-16-15-24(5)19-34(28)42-37(29)30/h7-23H,1-6H3. The normalized spacial score (nSPS) is 12.0. The van der Waals surface area contributed by atoms with E-state index >= 15 is 0 Å². The van der Waals surface area contributed by atoms with Gasteiger partial charge in [0.2, 0.25) is 0 Å². The Bertz CT molecular complexity index is 2080. The highest BCUT2D eigenvalue weighted by molar-refractivity contribution is 6.09. The van der Waals surface area contributed by atoms with Crippen LogP contribution in [0.3, 0.4) is 0 Å². The van der Waals surface area contributed by atoms with E-state index in [9.17, 15) is 0 Å². The highest BCUT2D eigenvalue weighted by atomic mass is 16.3. The molecule has 4 nitrogen and oxygen atoms in total. The molecule has 208 valence electrons. The molecular formula is C38H35N3O. The summed E-state index contributed by atoms with van der Waals surface area (Å²) in [5.41, 5.74) is 13.1. The molecule has 0 saturated carbocycles. The maximum absolute atomic E-state index is 6.60. The van der Waals surface area contributed by atoms with Gasteiger partial charge >= 0.3 is 0 Å². The summed E-state index contributed by atoms with van der Waals surface area (Å²) in [6.07, 6.45) is 1.86. The van der Waals surface area contributed by atoms with Crippen molar-refractivity contribution in [3.8, 4) is 28.2 Å². The average molecular weight is 550 g/mol. The third-order valence-electron chi connectivity index (χ3n) is 8.39. The van der Waals surface area contributed by atoms with Crippen molar-refractivity contribution in [2.75, 3.05) is 0 Å². The van der Waals surface area contributed by atoms with Crippen molar-refractivity contribution >= 4 is 33.0 Å². The molecule has 0 spiro atoms. The number of hydrogen-bond acceptors (Lipinski definition) is 3. The quantitative estimate of drug-likeness (QED) is 0.214. The van der Waals surface area contributed by atoms with Crippen LogP contribution in [0.4, 0.5) is 0 Å². The minimum atomic E-state index is 0.286. The molecule has 0 radical (unpaired) electrons. The zero-order valence-corrected chi connectivity index (χ0v) is 25.1. The van der Waals surface area contributed by atoms with Gasteiger partial charge in [-0.1, -0.05) is 82.3 Å². The molecule has 0 aliphatic carbocycles. The van der Waals surface area contributed by atoms with Crippen molar-refractivity contribution < 1.29 is 4.42 Å². The van der Waals surface area contributed by atoms with Gasteiger partial charge in [0, 0.05) is 17.0 Å². The second kappa shape index (κ2) is 9.99. The second-order valence-corrected chi connectivity index (χ2v) is 12.0. The number of furan rings is 1. The van der Waals surface area contributed by atoms with Crippen LogP contribution < -0.4 is 0 Å². The molecule has 4 heteroatoms. The van der Waals surface area contributed by atoms with Gasteiger partial charge < -0.3 is 4.42 Å². The van der Waals surface area contributed by atoms with E-state index in [4.69, 9.17) is 14.4 Å². The summed E-state index contributed by atoms with van der Waals surface area (Å²) in [7, 11) is 0. The third-order valence-corrected chi connectivity index (χ3v) is 8.39. The Balaban J connectivity index is 1.61.